The van der Waals surface area contributed by atoms with Crippen LogP contribution in [0.4, 0.5) is 0 Å². The molecule has 0 aliphatic carbocycles. The van der Waals surface area contributed by atoms with E-state index in [-0.39, 0.29) is 5.78 Å². The lowest BCUT2D eigenvalue weighted by atomic mass is 10.1. The van der Waals surface area contributed by atoms with Crippen LogP contribution in [-0.4, -0.2) is 33.9 Å². The van der Waals surface area contributed by atoms with Crippen molar-refractivity contribution in [3.05, 3.63) is 11.9 Å². The van der Waals surface area contributed by atoms with Gasteiger partial charge in [0.2, 0.25) is 0 Å². The average Bonchev–Trinajstić information content (AvgIpc) is 2.75. The molecule has 100 valence electrons. The normalized spacial score (nSPS) is 15.6. The van der Waals surface area contributed by atoms with Crippen molar-refractivity contribution in [2.75, 3.05) is 13.1 Å². The van der Waals surface area contributed by atoms with Crippen LogP contribution in [-0.2, 0) is 0 Å². The molecule has 1 N–H and O–H groups in total. The molecule has 0 spiro atoms. The van der Waals surface area contributed by atoms with Crippen LogP contribution in [0.1, 0.15) is 62.0 Å². The summed E-state index contributed by atoms with van der Waals surface area (Å²) in [6, 6.07) is 0.378. The summed E-state index contributed by atoms with van der Waals surface area (Å²) in [7, 11) is 0. The summed E-state index contributed by atoms with van der Waals surface area (Å²) in [6.07, 6.45) is 8.23. The predicted octanol–water partition coefficient (Wildman–Crippen LogP) is 1.97. The lowest BCUT2D eigenvalue weighted by Gasteiger charge is -2.26. The molecule has 18 heavy (non-hydrogen) atoms. The van der Waals surface area contributed by atoms with Crippen LogP contribution in [0.25, 0.3) is 0 Å². The van der Waals surface area contributed by atoms with Crippen LogP contribution >= 0.6 is 0 Å². The van der Waals surface area contributed by atoms with Gasteiger partial charge < -0.3 is 5.32 Å². The lowest BCUT2D eigenvalue weighted by Crippen LogP contribution is -2.43. The summed E-state index contributed by atoms with van der Waals surface area (Å²) >= 11 is 0. The second kappa shape index (κ2) is 6.64. The smallest absolute Gasteiger partial charge is 0.184 e. The van der Waals surface area contributed by atoms with Crippen molar-refractivity contribution in [3.63, 3.8) is 0 Å². The quantitative estimate of drug-likeness (QED) is 0.566. The van der Waals surface area contributed by atoms with Crippen LogP contribution in [0, 0.1) is 0 Å². The molecule has 0 saturated carbocycles. The van der Waals surface area contributed by atoms with Crippen molar-refractivity contribution < 1.29 is 4.79 Å². The van der Waals surface area contributed by atoms with Crippen LogP contribution < -0.4 is 5.32 Å². The Morgan fingerprint density at radius 3 is 2.83 bits per heavy atom. The number of aromatic nitrogens is 3. The molecule has 1 aliphatic rings. The first-order chi connectivity index (χ1) is 8.81. The van der Waals surface area contributed by atoms with E-state index in [9.17, 15) is 4.79 Å². The monoisotopic (exact) mass is 250 g/mol. The Balaban J connectivity index is 1.72. The molecule has 0 radical (unpaired) electrons. The number of hydrogen-bond donors (Lipinski definition) is 1. The molecular formula is C13H22N4O. The largest absolute Gasteiger partial charge is 0.312 e. The zero-order valence-corrected chi connectivity index (χ0v) is 11.1. The van der Waals surface area contributed by atoms with Gasteiger partial charge in [-0.25, -0.2) is 4.68 Å². The highest BCUT2D eigenvalue weighted by Crippen LogP contribution is 2.12. The minimum absolute atomic E-state index is 0.130. The zero-order chi connectivity index (χ0) is 12.8. The zero-order valence-electron chi connectivity index (χ0n) is 11.1. The fourth-order valence-corrected chi connectivity index (χ4v) is 2.06. The number of Topliss-reactive ketones (excluding diaryl/α,β-unsaturated/α-hetero) is 1. The Bertz CT molecular complexity index is 384. The van der Waals surface area contributed by atoms with Crippen molar-refractivity contribution in [2.24, 2.45) is 0 Å². The predicted molar refractivity (Wildman–Crippen MR) is 69.6 cm³/mol. The van der Waals surface area contributed by atoms with Gasteiger partial charge in [0, 0.05) is 19.5 Å². The number of carbonyl (C=O) groups is 1. The first-order valence-corrected chi connectivity index (χ1v) is 6.97. The van der Waals surface area contributed by atoms with Crippen LogP contribution in [0.2, 0.25) is 0 Å². The second-order valence-corrected chi connectivity index (χ2v) is 4.98. The first-order valence-electron chi connectivity index (χ1n) is 6.97. The molecule has 5 nitrogen and oxygen atoms in total. The second-order valence-electron chi connectivity index (χ2n) is 4.98. The number of ketones is 1. The van der Waals surface area contributed by atoms with E-state index in [2.05, 4.69) is 22.6 Å². The van der Waals surface area contributed by atoms with E-state index in [1.807, 2.05) is 0 Å². The van der Waals surface area contributed by atoms with E-state index in [4.69, 9.17) is 0 Å². The molecule has 1 aromatic rings. The molecule has 2 heterocycles. The Labute approximate surface area is 108 Å². The van der Waals surface area contributed by atoms with Gasteiger partial charge in [-0.3, -0.25) is 4.79 Å². The maximum atomic E-state index is 11.9. The Kier molecular flexibility index (Phi) is 4.87. The lowest BCUT2D eigenvalue weighted by molar-refractivity contribution is 0.0974. The van der Waals surface area contributed by atoms with Crippen LogP contribution in [0.15, 0.2) is 6.20 Å². The van der Waals surface area contributed by atoms with Gasteiger partial charge in [0.1, 0.15) is 5.69 Å². The van der Waals surface area contributed by atoms with Crippen molar-refractivity contribution in [2.45, 2.75) is 51.5 Å². The van der Waals surface area contributed by atoms with E-state index in [1.165, 1.54) is 19.3 Å². The molecule has 0 bridgehead atoms. The third kappa shape index (κ3) is 3.38. The Morgan fingerprint density at radius 1 is 1.39 bits per heavy atom. The van der Waals surface area contributed by atoms with Crippen molar-refractivity contribution in [1.82, 2.24) is 20.3 Å². The third-order valence-corrected chi connectivity index (χ3v) is 3.44. The molecule has 0 amide bonds. The fraction of sp³-hybridized carbons (Fsp3) is 0.769. The topological polar surface area (TPSA) is 59.8 Å². The number of hydrogen-bond acceptors (Lipinski definition) is 4. The maximum Gasteiger partial charge on any atom is 0.184 e. The highest BCUT2D eigenvalue weighted by Gasteiger charge is 2.21. The summed E-state index contributed by atoms with van der Waals surface area (Å²) < 4.78 is 1.81. The average molecular weight is 250 g/mol. The summed E-state index contributed by atoms with van der Waals surface area (Å²) in [5.41, 5.74) is 0.525. The summed E-state index contributed by atoms with van der Waals surface area (Å²) in [6.45, 7) is 4.04. The Morgan fingerprint density at radius 2 is 2.17 bits per heavy atom. The van der Waals surface area contributed by atoms with Gasteiger partial charge >= 0.3 is 0 Å². The summed E-state index contributed by atoms with van der Waals surface area (Å²) in [5.74, 6) is 0.130. The van der Waals surface area contributed by atoms with Crippen molar-refractivity contribution in [1.29, 1.82) is 0 Å². The molecule has 0 unspecified atom stereocenters. The molecule has 1 aromatic heterocycles. The standard InChI is InChI=1S/C13H22N4O/c1-2-3-4-5-6-7-13(18)12-10-17(16-15-12)11-8-14-9-11/h10-11,14H,2-9H2,1H3. The minimum Gasteiger partial charge on any atom is -0.312 e. The molecule has 5 heteroatoms. The van der Waals surface area contributed by atoms with Gasteiger partial charge in [-0.15, -0.1) is 5.10 Å². The van der Waals surface area contributed by atoms with E-state index >= 15 is 0 Å². The van der Waals surface area contributed by atoms with Gasteiger partial charge in [-0.05, 0) is 6.42 Å². The summed E-state index contributed by atoms with van der Waals surface area (Å²) in [5, 5.41) is 11.2. The van der Waals surface area contributed by atoms with E-state index in [0.29, 0.717) is 18.2 Å². The van der Waals surface area contributed by atoms with Gasteiger partial charge in [-0.2, -0.15) is 0 Å². The van der Waals surface area contributed by atoms with E-state index < -0.39 is 0 Å². The molecule has 0 atom stereocenters. The minimum atomic E-state index is 0.130. The number of unbranched alkanes of at least 4 members (excludes halogenated alkanes) is 4. The van der Waals surface area contributed by atoms with Gasteiger partial charge in [-0.1, -0.05) is 37.8 Å². The molecule has 0 aromatic carbocycles. The van der Waals surface area contributed by atoms with E-state index in [1.54, 1.807) is 10.9 Å². The van der Waals surface area contributed by atoms with Gasteiger partial charge in [0.25, 0.3) is 0 Å². The maximum absolute atomic E-state index is 11.9. The molecule has 1 aliphatic heterocycles. The summed E-state index contributed by atoms with van der Waals surface area (Å²) in [4.78, 5) is 11.9. The number of nitrogens with one attached hydrogen (secondary N) is 1. The van der Waals surface area contributed by atoms with E-state index in [0.717, 1.165) is 25.9 Å². The highest BCUT2D eigenvalue weighted by atomic mass is 16.1. The van der Waals surface area contributed by atoms with Crippen LogP contribution in [0.3, 0.4) is 0 Å². The number of nitrogens with zero attached hydrogens (tertiary/aromatic N) is 3. The third-order valence-electron chi connectivity index (χ3n) is 3.44. The SMILES string of the molecule is CCCCCCCC(=O)c1cn(C2CNC2)nn1. The van der Waals surface area contributed by atoms with Crippen LogP contribution in [0.5, 0.6) is 0 Å². The van der Waals surface area contributed by atoms with Crippen molar-refractivity contribution in [3.8, 4) is 0 Å². The van der Waals surface area contributed by atoms with Gasteiger partial charge in [0.15, 0.2) is 5.78 Å². The number of carbonyl (C=O) groups excluding carboxylic acids is 1. The van der Waals surface area contributed by atoms with Crippen molar-refractivity contribution >= 4 is 5.78 Å². The molecule has 1 saturated heterocycles. The molecule has 1 fully saturated rings. The fourth-order valence-electron chi connectivity index (χ4n) is 2.06. The highest BCUT2D eigenvalue weighted by molar-refractivity contribution is 5.93. The Hall–Kier alpha value is -1.23. The van der Waals surface area contributed by atoms with Gasteiger partial charge in [0.05, 0.1) is 12.2 Å². The molecular weight excluding hydrogens is 228 g/mol. The number of rotatable bonds is 8. The first kappa shape index (κ1) is 13.2. The molecule has 2 rings (SSSR count).